The molecule has 2 rings (SSSR count). The summed E-state index contributed by atoms with van der Waals surface area (Å²) >= 11 is 0. The predicted octanol–water partition coefficient (Wildman–Crippen LogP) is 0.780. The van der Waals surface area contributed by atoms with Gasteiger partial charge < -0.3 is 14.7 Å². The molecule has 1 aliphatic heterocycles. The van der Waals surface area contributed by atoms with Crippen molar-refractivity contribution >= 4 is 11.9 Å². The Morgan fingerprint density at radius 3 is 3.00 bits per heavy atom. The van der Waals surface area contributed by atoms with Gasteiger partial charge in [0.1, 0.15) is 0 Å². The summed E-state index contributed by atoms with van der Waals surface area (Å²) in [6.45, 7) is 5.66. The van der Waals surface area contributed by atoms with Crippen LogP contribution in [0.4, 0.5) is 5.95 Å². The van der Waals surface area contributed by atoms with E-state index in [0.717, 1.165) is 19.5 Å². The fourth-order valence-electron chi connectivity index (χ4n) is 2.18. The van der Waals surface area contributed by atoms with Gasteiger partial charge in [-0.3, -0.25) is 0 Å². The van der Waals surface area contributed by atoms with Crippen molar-refractivity contribution in [2.45, 2.75) is 20.3 Å². The Hall–Kier alpha value is -1.69. The zero-order valence-electron chi connectivity index (χ0n) is 11.3. The first-order valence-corrected chi connectivity index (χ1v) is 6.52. The second-order valence-corrected chi connectivity index (χ2v) is 4.67. The molecule has 1 unspecified atom stereocenters. The largest absolute Gasteiger partial charge is 0.462 e. The zero-order chi connectivity index (χ0) is 13.8. The molecular formula is C13H19N3O3. The molecule has 0 bridgehead atoms. The van der Waals surface area contributed by atoms with Gasteiger partial charge >= 0.3 is 5.97 Å². The molecule has 0 aliphatic carbocycles. The fourth-order valence-corrected chi connectivity index (χ4v) is 2.18. The molecule has 2 heterocycles. The van der Waals surface area contributed by atoms with Gasteiger partial charge in [0.25, 0.3) is 0 Å². The Labute approximate surface area is 112 Å². The number of nitrogens with zero attached hydrogens (tertiary/aromatic N) is 3. The quantitative estimate of drug-likeness (QED) is 0.811. The first-order valence-electron chi connectivity index (χ1n) is 6.52. The van der Waals surface area contributed by atoms with Crippen LogP contribution in [0, 0.1) is 12.8 Å². The number of rotatable bonds is 4. The molecule has 6 heteroatoms. The van der Waals surface area contributed by atoms with Crippen LogP contribution in [0.2, 0.25) is 0 Å². The summed E-state index contributed by atoms with van der Waals surface area (Å²) in [5, 5.41) is 9.13. The molecule has 0 aromatic carbocycles. The summed E-state index contributed by atoms with van der Waals surface area (Å²) in [6.07, 6.45) is 2.46. The van der Waals surface area contributed by atoms with Gasteiger partial charge in [-0.15, -0.1) is 0 Å². The van der Waals surface area contributed by atoms with E-state index in [0.29, 0.717) is 23.8 Å². The number of aliphatic hydroxyl groups excluding tert-OH is 1. The first kappa shape index (κ1) is 13.7. The van der Waals surface area contributed by atoms with E-state index in [1.807, 2.05) is 4.90 Å². The SMILES string of the molecule is CCOC(=O)c1cnc(N2CCC(CO)C2)nc1C. The van der Waals surface area contributed by atoms with Gasteiger partial charge in [0.15, 0.2) is 0 Å². The highest BCUT2D eigenvalue weighted by atomic mass is 16.5. The molecular weight excluding hydrogens is 246 g/mol. The lowest BCUT2D eigenvalue weighted by Crippen LogP contribution is -2.23. The second kappa shape index (κ2) is 5.97. The molecule has 0 spiro atoms. The number of hydrogen-bond acceptors (Lipinski definition) is 6. The van der Waals surface area contributed by atoms with E-state index in [4.69, 9.17) is 9.84 Å². The molecule has 0 radical (unpaired) electrons. The molecule has 1 atom stereocenters. The molecule has 1 saturated heterocycles. The lowest BCUT2D eigenvalue weighted by Gasteiger charge is -2.16. The van der Waals surface area contributed by atoms with Crippen LogP contribution in [0.25, 0.3) is 0 Å². The number of anilines is 1. The maximum atomic E-state index is 11.6. The number of aromatic nitrogens is 2. The lowest BCUT2D eigenvalue weighted by molar-refractivity contribution is 0.0524. The van der Waals surface area contributed by atoms with Gasteiger partial charge in [0.2, 0.25) is 5.95 Å². The van der Waals surface area contributed by atoms with Crippen molar-refractivity contribution < 1.29 is 14.6 Å². The molecule has 1 N–H and O–H groups in total. The van der Waals surface area contributed by atoms with Crippen LogP contribution in [0.3, 0.4) is 0 Å². The number of carbonyl (C=O) groups excluding carboxylic acids is 1. The summed E-state index contributed by atoms with van der Waals surface area (Å²) in [6, 6.07) is 0. The Morgan fingerprint density at radius 1 is 1.63 bits per heavy atom. The zero-order valence-corrected chi connectivity index (χ0v) is 11.3. The lowest BCUT2D eigenvalue weighted by atomic mass is 10.1. The minimum absolute atomic E-state index is 0.191. The third kappa shape index (κ3) is 3.01. The van der Waals surface area contributed by atoms with Crippen LogP contribution in [0.15, 0.2) is 6.20 Å². The summed E-state index contributed by atoms with van der Waals surface area (Å²) in [7, 11) is 0. The maximum Gasteiger partial charge on any atom is 0.341 e. The summed E-state index contributed by atoms with van der Waals surface area (Å²) in [5.41, 5.74) is 1.03. The smallest absolute Gasteiger partial charge is 0.341 e. The van der Waals surface area contributed by atoms with E-state index in [1.165, 1.54) is 6.20 Å². The van der Waals surface area contributed by atoms with Crippen LogP contribution in [0.5, 0.6) is 0 Å². The standard InChI is InChI=1S/C13H19N3O3/c1-3-19-12(18)11-6-14-13(15-9(11)2)16-5-4-10(7-16)8-17/h6,10,17H,3-5,7-8H2,1-2H3. The van der Waals surface area contributed by atoms with E-state index in [1.54, 1.807) is 13.8 Å². The Kier molecular flexibility index (Phi) is 4.31. The Bertz CT molecular complexity index is 464. The molecule has 1 aromatic rings. The topological polar surface area (TPSA) is 75.5 Å². The third-order valence-corrected chi connectivity index (χ3v) is 3.29. The van der Waals surface area contributed by atoms with Crippen LogP contribution in [0.1, 0.15) is 29.4 Å². The molecule has 19 heavy (non-hydrogen) atoms. The van der Waals surface area contributed by atoms with Crippen molar-refractivity contribution in [3.05, 3.63) is 17.5 Å². The number of aliphatic hydroxyl groups is 1. The van der Waals surface area contributed by atoms with E-state index in [-0.39, 0.29) is 18.5 Å². The van der Waals surface area contributed by atoms with Gasteiger partial charge in [0.05, 0.1) is 17.9 Å². The molecule has 1 aromatic heterocycles. The van der Waals surface area contributed by atoms with Crippen LogP contribution >= 0.6 is 0 Å². The highest BCUT2D eigenvalue weighted by Crippen LogP contribution is 2.21. The van der Waals surface area contributed by atoms with Crippen molar-refractivity contribution in [3.8, 4) is 0 Å². The molecule has 6 nitrogen and oxygen atoms in total. The predicted molar refractivity (Wildman–Crippen MR) is 70.1 cm³/mol. The Balaban J connectivity index is 2.13. The highest BCUT2D eigenvalue weighted by molar-refractivity contribution is 5.90. The number of ether oxygens (including phenoxy) is 1. The minimum Gasteiger partial charge on any atom is -0.462 e. The number of hydrogen-bond donors (Lipinski definition) is 1. The number of esters is 1. The van der Waals surface area contributed by atoms with Crippen molar-refractivity contribution in [3.63, 3.8) is 0 Å². The summed E-state index contributed by atoms with van der Waals surface area (Å²) in [4.78, 5) is 22.3. The fraction of sp³-hybridized carbons (Fsp3) is 0.615. The van der Waals surface area contributed by atoms with E-state index >= 15 is 0 Å². The Morgan fingerprint density at radius 2 is 2.42 bits per heavy atom. The highest BCUT2D eigenvalue weighted by Gasteiger charge is 2.24. The molecule has 0 amide bonds. The van der Waals surface area contributed by atoms with Gasteiger partial charge in [-0.1, -0.05) is 0 Å². The van der Waals surface area contributed by atoms with Crippen LogP contribution in [-0.2, 0) is 4.74 Å². The third-order valence-electron chi connectivity index (χ3n) is 3.29. The monoisotopic (exact) mass is 265 g/mol. The van der Waals surface area contributed by atoms with Gasteiger partial charge in [0, 0.05) is 31.8 Å². The summed E-state index contributed by atoms with van der Waals surface area (Å²) in [5.74, 6) is 0.511. The second-order valence-electron chi connectivity index (χ2n) is 4.67. The van der Waals surface area contributed by atoms with Crippen molar-refractivity contribution in [1.29, 1.82) is 0 Å². The molecule has 0 saturated carbocycles. The summed E-state index contributed by atoms with van der Waals surface area (Å²) < 4.78 is 4.94. The van der Waals surface area contributed by atoms with Crippen molar-refractivity contribution in [1.82, 2.24) is 9.97 Å². The van der Waals surface area contributed by atoms with E-state index < -0.39 is 0 Å². The van der Waals surface area contributed by atoms with Crippen molar-refractivity contribution in [2.75, 3.05) is 31.2 Å². The average Bonchev–Trinajstić information content (AvgIpc) is 2.87. The first-order chi connectivity index (χ1) is 9.15. The molecule has 104 valence electrons. The van der Waals surface area contributed by atoms with Gasteiger partial charge in [-0.25, -0.2) is 14.8 Å². The van der Waals surface area contributed by atoms with E-state index in [9.17, 15) is 4.79 Å². The van der Waals surface area contributed by atoms with Crippen molar-refractivity contribution in [2.24, 2.45) is 5.92 Å². The van der Waals surface area contributed by atoms with Gasteiger partial charge in [-0.2, -0.15) is 0 Å². The van der Waals surface area contributed by atoms with E-state index in [2.05, 4.69) is 9.97 Å². The molecule has 1 aliphatic rings. The van der Waals surface area contributed by atoms with Crippen LogP contribution < -0.4 is 4.90 Å². The van der Waals surface area contributed by atoms with Gasteiger partial charge in [-0.05, 0) is 20.3 Å². The molecule has 1 fully saturated rings. The normalized spacial score (nSPS) is 18.7. The average molecular weight is 265 g/mol. The van der Waals surface area contributed by atoms with Crippen LogP contribution in [-0.4, -0.2) is 47.3 Å². The number of aryl methyl sites for hydroxylation is 1. The minimum atomic E-state index is -0.388. The maximum absolute atomic E-state index is 11.6. The number of carbonyl (C=O) groups is 1.